The van der Waals surface area contributed by atoms with Crippen molar-refractivity contribution in [1.29, 1.82) is 0 Å². The molecule has 0 saturated carbocycles. The zero-order valence-corrected chi connectivity index (χ0v) is 15.7. The molecule has 2 fully saturated rings. The number of rotatable bonds is 4. The minimum atomic E-state index is 0.150. The SMILES string of the molecule is CN(c1ccc(-c2ccc(-n3cnnc3)cc2O)nn1)[C@@H]1C[C@H]2CC[C@@H](C1)N2. The Morgan fingerprint density at radius 1 is 1.04 bits per heavy atom. The zero-order valence-electron chi connectivity index (χ0n) is 15.7. The molecule has 0 radical (unpaired) electrons. The number of nitrogens with zero attached hydrogens (tertiary/aromatic N) is 6. The van der Waals surface area contributed by atoms with E-state index in [4.69, 9.17) is 0 Å². The van der Waals surface area contributed by atoms with Crippen LogP contribution in [0.1, 0.15) is 25.7 Å². The van der Waals surface area contributed by atoms with E-state index in [9.17, 15) is 5.11 Å². The molecule has 3 atom stereocenters. The highest BCUT2D eigenvalue weighted by Crippen LogP contribution is 2.32. The molecule has 5 rings (SSSR count). The second kappa shape index (κ2) is 6.87. The molecular formula is C20H23N7O. The topological polar surface area (TPSA) is 92.0 Å². The number of hydrogen-bond donors (Lipinski definition) is 2. The Morgan fingerprint density at radius 3 is 2.43 bits per heavy atom. The van der Waals surface area contributed by atoms with Crippen LogP contribution >= 0.6 is 0 Å². The average molecular weight is 377 g/mol. The third kappa shape index (κ3) is 3.09. The average Bonchev–Trinajstić information content (AvgIpc) is 3.37. The van der Waals surface area contributed by atoms with Crippen LogP contribution in [0.25, 0.3) is 16.9 Å². The van der Waals surface area contributed by atoms with Gasteiger partial charge in [0.2, 0.25) is 0 Å². The van der Waals surface area contributed by atoms with Gasteiger partial charge in [0.25, 0.3) is 0 Å². The van der Waals surface area contributed by atoms with E-state index in [1.165, 1.54) is 12.8 Å². The number of phenols is 1. The Bertz CT molecular complexity index is 945. The fraction of sp³-hybridized carbons (Fsp3) is 0.400. The Hall–Kier alpha value is -3.00. The number of piperidine rings is 1. The van der Waals surface area contributed by atoms with Crippen molar-refractivity contribution in [2.24, 2.45) is 0 Å². The van der Waals surface area contributed by atoms with Gasteiger partial charge in [-0.05, 0) is 49.9 Å². The molecule has 28 heavy (non-hydrogen) atoms. The number of aromatic hydroxyl groups is 1. The number of benzene rings is 1. The highest BCUT2D eigenvalue weighted by Gasteiger charge is 2.35. The van der Waals surface area contributed by atoms with E-state index in [0.717, 1.165) is 24.3 Å². The van der Waals surface area contributed by atoms with Crippen LogP contribution in [0.3, 0.4) is 0 Å². The summed E-state index contributed by atoms with van der Waals surface area (Å²) in [6.07, 6.45) is 8.05. The molecule has 2 saturated heterocycles. The number of aromatic nitrogens is 5. The highest BCUT2D eigenvalue weighted by atomic mass is 16.3. The number of phenolic OH excluding ortho intramolecular Hbond substituents is 1. The van der Waals surface area contributed by atoms with Gasteiger partial charge in [-0.25, -0.2) is 0 Å². The van der Waals surface area contributed by atoms with Gasteiger partial charge < -0.3 is 15.3 Å². The van der Waals surface area contributed by atoms with Crippen LogP contribution in [0.2, 0.25) is 0 Å². The molecule has 2 N–H and O–H groups in total. The van der Waals surface area contributed by atoms with Gasteiger partial charge in [0, 0.05) is 36.8 Å². The molecule has 0 spiro atoms. The quantitative estimate of drug-likeness (QED) is 0.720. The summed E-state index contributed by atoms with van der Waals surface area (Å²) < 4.78 is 1.74. The van der Waals surface area contributed by atoms with Crippen LogP contribution in [0.4, 0.5) is 5.82 Å². The first-order valence-corrected chi connectivity index (χ1v) is 9.68. The Labute approximate surface area is 163 Å². The van der Waals surface area contributed by atoms with Gasteiger partial charge in [0.1, 0.15) is 18.4 Å². The molecule has 3 aromatic rings. The molecule has 2 aliphatic heterocycles. The first kappa shape index (κ1) is 17.1. The summed E-state index contributed by atoms with van der Waals surface area (Å²) in [6, 6.07) is 11.1. The van der Waals surface area contributed by atoms with E-state index < -0.39 is 0 Å². The van der Waals surface area contributed by atoms with Crippen LogP contribution in [0.5, 0.6) is 5.75 Å². The lowest BCUT2D eigenvalue weighted by atomic mass is 9.98. The van der Waals surface area contributed by atoms with E-state index in [1.807, 2.05) is 24.3 Å². The van der Waals surface area contributed by atoms with Crippen molar-refractivity contribution in [3.05, 3.63) is 43.0 Å². The first-order valence-electron chi connectivity index (χ1n) is 9.68. The molecule has 0 amide bonds. The zero-order chi connectivity index (χ0) is 19.1. The molecule has 0 unspecified atom stereocenters. The van der Waals surface area contributed by atoms with Crippen molar-refractivity contribution in [1.82, 2.24) is 30.3 Å². The predicted octanol–water partition coefficient (Wildman–Crippen LogP) is 2.15. The van der Waals surface area contributed by atoms with Crippen LogP contribution in [0, 0.1) is 0 Å². The van der Waals surface area contributed by atoms with Crippen molar-refractivity contribution in [2.45, 2.75) is 43.8 Å². The summed E-state index contributed by atoms with van der Waals surface area (Å²) in [7, 11) is 2.10. The maximum Gasteiger partial charge on any atom is 0.151 e. The summed E-state index contributed by atoms with van der Waals surface area (Å²) in [5.74, 6) is 1.02. The smallest absolute Gasteiger partial charge is 0.151 e. The molecular weight excluding hydrogens is 354 g/mol. The summed E-state index contributed by atoms with van der Waals surface area (Å²) >= 11 is 0. The molecule has 2 bridgehead atoms. The van der Waals surface area contributed by atoms with Gasteiger partial charge in [-0.15, -0.1) is 20.4 Å². The molecule has 8 nitrogen and oxygen atoms in total. The van der Waals surface area contributed by atoms with E-state index in [2.05, 4.69) is 37.7 Å². The maximum atomic E-state index is 10.5. The third-order valence-electron chi connectivity index (χ3n) is 5.98. The van der Waals surface area contributed by atoms with Gasteiger partial charge in [-0.1, -0.05) is 0 Å². The molecule has 144 valence electrons. The van der Waals surface area contributed by atoms with Crippen molar-refractivity contribution in [3.8, 4) is 22.7 Å². The van der Waals surface area contributed by atoms with Gasteiger partial charge >= 0.3 is 0 Å². The molecule has 0 aliphatic carbocycles. The largest absolute Gasteiger partial charge is 0.507 e. The standard InChI is InChI=1S/C20H23N7O/c1-26(16-8-13-2-3-14(9-16)23-13)20-7-6-18(24-25-20)17-5-4-15(10-19(17)28)27-11-21-22-12-27/h4-7,10-14,16,23,28H,2-3,8-9H2,1H3/t13-,14+,16-. The summed E-state index contributed by atoms with van der Waals surface area (Å²) in [6.45, 7) is 0. The van der Waals surface area contributed by atoms with Crippen LogP contribution in [-0.4, -0.2) is 55.2 Å². The summed E-state index contributed by atoms with van der Waals surface area (Å²) in [5, 5.41) is 30.5. The third-order valence-corrected chi connectivity index (χ3v) is 5.98. The van der Waals surface area contributed by atoms with Crippen LogP contribution < -0.4 is 10.2 Å². The lowest BCUT2D eigenvalue weighted by molar-refractivity contribution is 0.353. The molecule has 2 aliphatic rings. The van der Waals surface area contributed by atoms with Gasteiger partial charge in [-0.2, -0.15) is 0 Å². The van der Waals surface area contributed by atoms with Gasteiger partial charge in [0.15, 0.2) is 5.82 Å². The van der Waals surface area contributed by atoms with E-state index >= 15 is 0 Å². The van der Waals surface area contributed by atoms with Gasteiger partial charge in [-0.3, -0.25) is 4.57 Å². The van der Waals surface area contributed by atoms with Crippen LogP contribution in [-0.2, 0) is 0 Å². The van der Waals surface area contributed by atoms with E-state index in [1.54, 1.807) is 23.3 Å². The number of hydrogen-bond acceptors (Lipinski definition) is 7. The summed E-state index contributed by atoms with van der Waals surface area (Å²) in [4.78, 5) is 2.25. The Balaban J connectivity index is 1.35. The predicted molar refractivity (Wildman–Crippen MR) is 105 cm³/mol. The van der Waals surface area contributed by atoms with Crippen molar-refractivity contribution in [3.63, 3.8) is 0 Å². The first-order chi connectivity index (χ1) is 13.7. The normalized spacial score (nSPS) is 23.7. The Kier molecular flexibility index (Phi) is 4.20. The fourth-order valence-corrected chi connectivity index (χ4v) is 4.42. The van der Waals surface area contributed by atoms with E-state index in [-0.39, 0.29) is 5.75 Å². The van der Waals surface area contributed by atoms with Crippen molar-refractivity contribution < 1.29 is 5.11 Å². The number of fused-ring (bicyclic) bond motifs is 2. The van der Waals surface area contributed by atoms with Crippen LogP contribution in [0.15, 0.2) is 43.0 Å². The number of nitrogens with one attached hydrogen (secondary N) is 1. The number of anilines is 1. The van der Waals surface area contributed by atoms with E-state index in [0.29, 0.717) is 29.4 Å². The Morgan fingerprint density at radius 2 is 1.79 bits per heavy atom. The lowest BCUT2D eigenvalue weighted by Crippen LogP contribution is -2.47. The minimum Gasteiger partial charge on any atom is -0.507 e. The minimum absolute atomic E-state index is 0.150. The monoisotopic (exact) mass is 377 g/mol. The maximum absolute atomic E-state index is 10.5. The highest BCUT2D eigenvalue weighted by molar-refractivity contribution is 5.69. The lowest BCUT2D eigenvalue weighted by Gasteiger charge is -2.36. The second-order valence-corrected chi connectivity index (χ2v) is 7.72. The molecule has 1 aromatic carbocycles. The van der Waals surface area contributed by atoms with Gasteiger partial charge in [0.05, 0.1) is 11.4 Å². The molecule has 8 heteroatoms. The summed E-state index contributed by atoms with van der Waals surface area (Å²) in [5.41, 5.74) is 2.09. The van der Waals surface area contributed by atoms with Crippen molar-refractivity contribution >= 4 is 5.82 Å². The molecule has 2 aromatic heterocycles. The van der Waals surface area contributed by atoms with Crippen molar-refractivity contribution in [2.75, 3.05) is 11.9 Å². The second-order valence-electron chi connectivity index (χ2n) is 7.72. The fourth-order valence-electron chi connectivity index (χ4n) is 4.42. The molecule has 4 heterocycles.